The first kappa shape index (κ1) is 26.6. The third-order valence-corrected chi connectivity index (χ3v) is 8.65. The Morgan fingerprint density at radius 2 is 1.75 bits per heavy atom. The highest BCUT2D eigenvalue weighted by molar-refractivity contribution is 5.94. The van der Waals surface area contributed by atoms with Gasteiger partial charge in [0.25, 0.3) is 0 Å². The third kappa shape index (κ3) is 6.10. The van der Waals surface area contributed by atoms with E-state index in [0.29, 0.717) is 19.5 Å². The van der Waals surface area contributed by atoms with Gasteiger partial charge in [-0.2, -0.15) is 0 Å². The van der Waals surface area contributed by atoms with E-state index in [-0.39, 0.29) is 35.6 Å². The van der Waals surface area contributed by atoms with Crippen LogP contribution in [-0.4, -0.2) is 72.3 Å². The highest BCUT2D eigenvalue weighted by atomic mass is 16.2. The second-order valence-electron chi connectivity index (χ2n) is 10.9. The molecule has 2 saturated heterocycles. The first-order valence-corrected chi connectivity index (χ1v) is 14.1. The molecular weight excluding hydrogens is 452 g/mol. The molecule has 3 amide bonds. The van der Waals surface area contributed by atoms with Crippen molar-refractivity contribution in [3.8, 4) is 0 Å². The first-order valence-electron chi connectivity index (χ1n) is 14.1. The molecule has 2 N–H and O–H groups in total. The maximum atomic E-state index is 14.1. The van der Waals surface area contributed by atoms with Crippen molar-refractivity contribution >= 4 is 17.7 Å². The lowest BCUT2D eigenvalue weighted by Gasteiger charge is -2.36. The molecule has 3 aliphatic rings. The monoisotopic (exact) mass is 496 g/mol. The van der Waals surface area contributed by atoms with Crippen LogP contribution in [-0.2, 0) is 20.8 Å². The number of rotatable bonds is 9. The van der Waals surface area contributed by atoms with Gasteiger partial charge in [0, 0.05) is 19.6 Å². The van der Waals surface area contributed by atoms with E-state index < -0.39 is 12.1 Å². The Bertz CT molecular complexity index is 882. The summed E-state index contributed by atoms with van der Waals surface area (Å²) in [6.07, 6.45) is 9.57. The number of amides is 3. The van der Waals surface area contributed by atoms with Crippen LogP contribution in [0.15, 0.2) is 30.3 Å². The maximum absolute atomic E-state index is 14.1. The van der Waals surface area contributed by atoms with E-state index in [1.807, 2.05) is 34.9 Å². The molecule has 1 aromatic rings. The summed E-state index contributed by atoms with van der Waals surface area (Å²) in [6.45, 7) is 4.01. The van der Waals surface area contributed by atoms with E-state index >= 15 is 0 Å². The minimum Gasteiger partial charge on any atom is -0.343 e. The van der Waals surface area contributed by atoms with Crippen LogP contribution in [0.1, 0.15) is 70.3 Å². The number of carbonyl (C=O) groups excluding carboxylic acids is 3. The van der Waals surface area contributed by atoms with Crippen molar-refractivity contribution in [1.82, 2.24) is 20.4 Å². The number of hydrogen-bond donors (Lipinski definition) is 2. The van der Waals surface area contributed by atoms with Crippen molar-refractivity contribution in [1.29, 1.82) is 0 Å². The number of nitrogens with one attached hydrogen (secondary N) is 2. The molecule has 7 heteroatoms. The van der Waals surface area contributed by atoms with Crippen LogP contribution < -0.4 is 10.6 Å². The Hall–Kier alpha value is -2.41. The van der Waals surface area contributed by atoms with Crippen LogP contribution in [0, 0.1) is 11.8 Å². The third-order valence-electron chi connectivity index (χ3n) is 8.65. The van der Waals surface area contributed by atoms with Gasteiger partial charge in [0.2, 0.25) is 17.7 Å². The van der Waals surface area contributed by atoms with Crippen molar-refractivity contribution in [3.63, 3.8) is 0 Å². The van der Waals surface area contributed by atoms with E-state index in [9.17, 15) is 14.4 Å². The zero-order valence-electron chi connectivity index (χ0n) is 22.1. The predicted octanol–water partition coefficient (Wildman–Crippen LogP) is 3.13. The summed E-state index contributed by atoms with van der Waals surface area (Å²) in [5, 5.41) is 6.20. The van der Waals surface area contributed by atoms with Gasteiger partial charge in [-0.25, -0.2) is 0 Å². The molecular formula is C29H44N4O3. The number of benzene rings is 1. The molecule has 3 fully saturated rings. The van der Waals surface area contributed by atoms with Gasteiger partial charge in [0.05, 0.1) is 6.04 Å². The Morgan fingerprint density at radius 1 is 1.00 bits per heavy atom. The van der Waals surface area contributed by atoms with Crippen molar-refractivity contribution in [2.45, 2.75) is 89.3 Å². The summed E-state index contributed by atoms with van der Waals surface area (Å²) < 4.78 is 0. The average Bonchev–Trinajstić information content (AvgIpc) is 3.27. The minimum atomic E-state index is -0.548. The van der Waals surface area contributed by atoms with Crippen LogP contribution in [0.2, 0.25) is 0 Å². The van der Waals surface area contributed by atoms with E-state index in [4.69, 9.17) is 0 Å². The van der Waals surface area contributed by atoms with Crippen molar-refractivity contribution in [2.75, 3.05) is 26.7 Å². The van der Waals surface area contributed by atoms with Gasteiger partial charge in [-0.15, -0.1) is 0 Å². The predicted molar refractivity (Wildman–Crippen MR) is 141 cm³/mol. The smallest absolute Gasteiger partial charge is 0.246 e. The van der Waals surface area contributed by atoms with Crippen LogP contribution >= 0.6 is 0 Å². The second kappa shape index (κ2) is 12.7. The summed E-state index contributed by atoms with van der Waals surface area (Å²) in [6, 6.07) is 9.01. The molecule has 1 saturated carbocycles. The molecule has 0 spiro atoms. The Labute approximate surface area is 216 Å². The highest BCUT2D eigenvalue weighted by Gasteiger charge is 2.47. The summed E-state index contributed by atoms with van der Waals surface area (Å²) >= 11 is 0. The van der Waals surface area contributed by atoms with Crippen LogP contribution in [0.25, 0.3) is 0 Å². The molecule has 198 valence electrons. The quantitative estimate of drug-likeness (QED) is 0.550. The second-order valence-corrected chi connectivity index (χ2v) is 10.9. The van der Waals surface area contributed by atoms with Gasteiger partial charge in [0.15, 0.2) is 0 Å². The van der Waals surface area contributed by atoms with E-state index in [1.165, 1.54) is 12.0 Å². The molecule has 2 heterocycles. The van der Waals surface area contributed by atoms with E-state index in [1.54, 1.807) is 7.05 Å². The summed E-state index contributed by atoms with van der Waals surface area (Å²) in [4.78, 5) is 44.8. The van der Waals surface area contributed by atoms with E-state index in [0.717, 1.165) is 57.9 Å². The summed E-state index contributed by atoms with van der Waals surface area (Å²) in [7, 11) is 1.78. The maximum Gasteiger partial charge on any atom is 0.246 e. The molecule has 0 bridgehead atoms. The molecule has 1 aromatic carbocycles. The zero-order chi connectivity index (χ0) is 25.5. The van der Waals surface area contributed by atoms with Crippen molar-refractivity contribution in [3.05, 3.63) is 35.9 Å². The largest absolute Gasteiger partial charge is 0.343 e. The molecule has 4 rings (SSSR count). The fraction of sp³-hybridized carbons (Fsp3) is 0.690. The van der Waals surface area contributed by atoms with Gasteiger partial charge < -0.3 is 20.4 Å². The number of likely N-dealkylation sites (N-methyl/N-ethyl adjacent to an activating group) is 1. The van der Waals surface area contributed by atoms with Gasteiger partial charge in [0.1, 0.15) is 12.1 Å². The lowest BCUT2D eigenvalue weighted by molar-refractivity contribution is -0.147. The van der Waals surface area contributed by atoms with Gasteiger partial charge in [-0.3, -0.25) is 14.4 Å². The topological polar surface area (TPSA) is 81.8 Å². The van der Waals surface area contributed by atoms with Crippen molar-refractivity contribution in [2.24, 2.45) is 11.8 Å². The van der Waals surface area contributed by atoms with Crippen LogP contribution in [0.4, 0.5) is 0 Å². The molecule has 36 heavy (non-hydrogen) atoms. The lowest BCUT2D eigenvalue weighted by atomic mass is 9.83. The fourth-order valence-corrected chi connectivity index (χ4v) is 6.51. The summed E-state index contributed by atoms with van der Waals surface area (Å²) in [5.74, 6) is 0.281. The lowest BCUT2D eigenvalue weighted by Crippen LogP contribution is -2.59. The Balaban J connectivity index is 1.51. The Morgan fingerprint density at radius 3 is 2.44 bits per heavy atom. The fourth-order valence-electron chi connectivity index (χ4n) is 6.51. The van der Waals surface area contributed by atoms with Gasteiger partial charge in [-0.05, 0) is 69.4 Å². The van der Waals surface area contributed by atoms with Gasteiger partial charge >= 0.3 is 0 Å². The van der Waals surface area contributed by atoms with Crippen molar-refractivity contribution < 1.29 is 14.4 Å². The molecule has 7 nitrogen and oxygen atoms in total. The molecule has 0 aromatic heterocycles. The number of nitrogens with zero attached hydrogens (tertiary/aromatic N) is 2. The van der Waals surface area contributed by atoms with Crippen LogP contribution in [0.5, 0.6) is 0 Å². The summed E-state index contributed by atoms with van der Waals surface area (Å²) in [5.41, 5.74) is 1.22. The molecule has 3 unspecified atom stereocenters. The zero-order valence-corrected chi connectivity index (χ0v) is 22.1. The highest BCUT2D eigenvalue weighted by Crippen LogP contribution is 2.35. The molecule has 4 atom stereocenters. The number of likely N-dealkylation sites (tertiary alicyclic amines) is 2. The first-order chi connectivity index (χ1) is 17.5. The number of fused-ring (bicyclic) bond motifs is 1. The van der Waals surface area contributed by atoms with Gasteiger partial charge in [-0.1, -0.05) is 56.5 Å². The number of hydrogen-bond acceptors (Lipinski definition) is 4. The molecule has 0 radical (unpaired) electrons. The van der Waals surface area contributed by atoms with Crippen LogP contribution in [0.3, 0.4) is 0 Å². The van der Waals surface area contributed by atoms with E-state index in [2.05, 4.69) is 22.8 Å². The SMILES string of the molecule is CCC(NC)C(=O)N[C@H](C(=O)N1CCC2CCCN(CCc3ccccc3)C(=O)C21)C1CCCCC1. The Kier molecular flexibility index (Phi) is 9.41. The molecule has 2 aliphatic heterocycles. The standard InChI is InChI=1S/C29H44N4O3/c1-3-24(30-2)27(34)31-25(22-13-8-5-9-14-22)28(35)33-20-17-23-15-10-18-32(29(36)26(23)33)19-16-21-11-6-4-7-12-21/h4,6-7,11-12,22-26,30H,3,5,8-10,13-20H2,1-2H3,(H,31,34)/t23?,24?,25-,26?/m0/s1. The minimum absolute atomic E-state index is 0.0491. The normalized spacial score (nSPS) is 24.7. The number of carbonyl (C=O) groups is 3. The average molecular weight is 497 g/mol. The molecule has 1 aliphatic carbocycles.